The van der Waals surface area contributed by atoms with Crippen LogP contribution < -0.4 is 11.1 Å². The fourth-order valence-electron chi connectivity index (χ4n) is 3.80. The van der Waals surface area contributed by atoms with Crippen LogP contribution >= 0.6 is 0 Å². The minimum absolute atomic E-state index is 0.0730. The molecule has 0 aliphatic carbocycles. The van der Waals surface area contributed by atoms with E-state index in [9.17, 15) is 40.3 Å². The number of aryl methyl sites for hydroxylation is 2. The highest BCUT2D eigenvalue weighted by Crippen LogP contribution is 2.53. The van der Waals surface area contributed by atoms with Crippen molar-refractivity contribution in [3.05, 3.63) is 88.5 Å². The van der Waals surface area contributed by atoms with Crippen molar-refractivity contribution in [3.8, 4) is 11.1 Å². The molecule has 11 heteroatoms. The molecule has 0 saturated heterocycles. The van der Waals surface area contributed by atoms with Gasteiger partial charge in [0.1, 0.15) is 0 Å². The lowest BCUT2D eigenvalue weighted by atomic mass is 9.90. The number of primary amides is 1. The van der Waals surface area contributed by atoms with E-state index in [0.717, 1.165) is 13.8 Å². The summed E-state index contributed by atoms with van der Waals surface area (Å²) in [6, 6.07) is 13.2. The zero-order chi connectivity index (χ0) is 27.1. The second-order valence-electron chi connectivity index (χ2n) is 8.08. The molecule has 36 heavy (non-hydrogen) atoms. The van der Waals surface area contributed by atoms with Crippen molar-refractivity contribution in [2.24, 2.45) is 5.73 Å². The summed E-state index contributed by atoms with van der Waals surface area (Å²) in [5.74, 6) is -1.42. The van der Waals surface area contributed by atoms with E-state index in [1.807, 2.05) is 0 Å². The van der Waals surface area contributed by atoms with Gasteiger partial charge in [-0.05, 0) is 54.3 Å². The molecule has 0 aromatic heterocycles. The van der Waals surface area contributed by atoms with Gasteiger partial charge in [0.2, 0.25) is 5.91 Å². The average Bonchev–Trinajstić information content (AvgIpc) is 2.79. The Morgan fingerprint density at radius 1 is 0.778 bits per heavy atom. The van der Waals surface area contributed by atoms with Gasteiger partial charge >= 0.3 is 18.0 Å². The van der Waals surface area contributed by atoms with Crippen molar-refractivity contribution in [2.45, 2.75) is 31.9 Å². The molecule has 0 bridgehead atoms. The molecule has 0 aliphatic heterocycles. The first kappa shape index (κ1) is 26.7. The number of hydrogen-bond donors (Lipinski definition) is 2. The van der Waals surface area contributed by atoms with Gasteiger partial charge in [0.15, 0.2) is 0 Å². The second kappa shape index (κ2) is 9.29. The van der Waals surface area contributed by atoms with Crippen molar-refractivity contribution in [3.63, 3.8) is 0 Å². The van der Waals surface area contributed by atoms with Crippen LogP contribution in [0.5, 0.6) is 0 Å². The quantitative estimate of drug-likeness (QED) is 0.378. The fraction of sp³-hybridized carbons (Fsp3) is 0.200. The van der Waals surface area contributed by atoms with Crippen LogP contribution in [0.25, 0.3) is 11.1 Å². The highest BCUT2D eigenvalue weighted by molar-refractivity contribution is 6.09. The SMILES string of the molecule is Cc1cc(C(F)(C(F)(F)F)C(F)(F)F)cc(C)c1NC(=O)c1ccccc1-c1cccc(C(N)=O)c1. The smallest absolute Gasteiger partial charge is 0.366 e. The van der Waals surface area contributed by atoms with Crippen LogP contribution in [0.4, 0.5) is 36.4 Å². The minimum atomic E-state index is -6.26. The number of carbonyl (C=O) groups excluding carboxylic acids is 2. The summed E-state index contributed by atoms with van der Waals surface area (Å²) in [5.41, 5.74) is -1.25. The van der Waals surface area contributed by atoms with Gasteiger partial charge in [-0.3, -0.25) is 9.59 Å². The molecule has 3 N–H and O–H groups in total. The van der Waals surface area contributed by atoms with Crippen molar-refractivity contribution < 1.29 is 40.3 Å². The van der Waals surface area contributed by atoms with Gasteiger partial charge in [-0.15, -0.1) is 0 Å². The number of nitrogens with two attached hydrogens (primary N) is 1. The molecule has 190 valence electrons. The summed E-state index contributed by atoms with van der Waals surface area (Å²) >= 11 is 0. The molecule has 0 aliphatic rings. The van der Waals surface area contributed by atoms with Crippen LogP contribution in [0, 0.1) is 13.8 Å². The molecule has 3 aromatic carbocycles. The topological polar surface area (TPSA) is 72.2 Å². The second-order valence-corrected chi connectivity index (χ2v) is 8.08. The van der Waals surface area contributed by atoms with E-state index >= 15 is 0 Å². The highest BCUT2D eigenvalue weighted by Gasteiger charge is 2.73. The van der Waals surface area contributed by atoms with Crippen molar-refractivity contribution >= 4 is 17.5 Å². The average molecular weight is 512 g/mol. The summed E-state index contributed by atoms with van der Waals surface area (Å²) < 4.78 is 93.5. The lowest BCUT2D eigenvalue weighted by Gasteiger charge is -2.31. The van der Waals surface area contributed by atoms with Crippen molar-refractivity contribution in [1.82, 2.24) is 0 Å². The predicted molar refractivity (Wildman–Crippen MR) is 119 cm³/mol. The minimum Gasteiger partial charge on any atom is -0.366 e. The number of amides is 2. The third kappa shape index (κ3) is 4.77. The number of anilines is 1. The molecule has 0 unspecified atom stereocenters. The first-order chi connectivity index (χ1) is 16.6. The Labute approximate surface area is 200 Å². The highest BCUT2D eigenvalue weighted by atomic mass is 19.4. The Morgan fingerprint density at radius 2 is 1.33 bits per heavy atom. The number of carbonyl (C=O) groups is 2. The number of hydrogen-bond acceptors (Lipinski definition) is 2. The van der Waals surface area contributed by atoms with Crippen LogP contribution in [-0.4, -0.2) is 24.2 Å². The van der Waals surface area contributed by atoms with Crippen LogP contribution in [0.3, 0.4) is 0 Å². The molecular formula is C25H19F7N2O2. The molecule has 0 radical (unpaired) electrons. The maximum Gasteiger partial charge on any atom is 0.435 e. The molecule has 2 amide bonds. The lowest BCUT2D eigenvalue weighted by molar-refractivity contribution is -0.348. The summed E-state index contributed by atoms with van der Waals surface area (Å²) in [6.45, 7) is 2.31. The van der Waals surface area contributed by atoms with E-state index in [2.05, 4.69) is 5.32 Å². The number of halogens is 7. The van der Waals surface area contributed by atoms with E-state index in [1.54, 1.807) is 30.3 Å². The molecule has 0 heterocycles. The van der Waals surface area contributed by atoms with Crippen LogP contribution in [-0.2, 0) is 5.67 Å². The van der Waals surface area contributed by atoms with Gasteiger partial charge in [0, 0.05) is 22.4 Å². The van der Waals surface area contributed by atoms with Crippen LogP contribution in [0.1, 0.15) is 37.4 Å². The number of benzene rings is 3. The van der Waals surface area contributed by atoms with Gasteiger partial charge in [0.05, 0.1) is 0 Å². The zero-order valence-corrected chi connectivity index (χ0v) is 18.8. The van der Waals surface area contributed by atoms with Gasteiger partial charge in [-0.1, -0.05) is 42.5 Å². The van der Waals surface area contributed by atoms with E-state index in [-0.39, 0.29) is 27.9 Å². The fourth-order valence-corrected chi connectivity index (χ4v) is 3.80. The molecular weight excluding hydrogens is 493 g/mol. The number of nitrogens with one attached hydrogen (secondary N) is 1. The summed E-state index contributed by atoms with van der Waals surface area (Å²) in [4.78, 5) is 24.6. The third-order valence-corrected chi connectivity index (χ3v) is 5.58. The summed E-state index contributed by atoms with van der Waals surface area (Å²) in [5, 5.41) is 2.48. The van der Waals surface area contributed by atoms with Crippen molar-refractivity contribution in [1.29, 1.82) is 0 Å². The predicted octanol–water partition coefficient (Wildman–Crippen LogP) is 6.61. The van der Waals surface area contributed by atoms with Crippen LogP contribution in [0.2, 0.25) is 0 Å². The lowest BCUT2D eigenvalue weighted by Crippen LogP contribution is -2.50. The van der Waals surface area contributed by atoms with Gasteiger partial charge in [-0.25, -0.2) is 4.39 Å². The first-order valence-electron chi connectivity index (χ1n) is 10.3. The molecule has 0 spiro atoms. The monoisotopic (exact) mass is 512 g/mol. The Kier molecular flexibility index (Phi) is 6.89. The van der Waals surface area contributed by atoms with E-state index in [4.69, 9.17) is 5.73 Å². The normalized spacial score (nSPS) is 12.4. The third-order valence-electron chi connectivity index (χ3n) is 5.58. The van der Waals surface area contributed by atoms with E-state index in [1.165, 1.54) is 18.2 Å². The summed E-state index contributed by atoms with van der Waals surface area (Å²) in [6.07, 6.45) is -12.5. The van der Waals surface area contributed by atoms with Gasteiger partial charge in [-0.2, -0.15) is 26.3 Å². The van der Waals surface area contributed by atoms with Gasteiger partial charge in [0.25, 0.3) is 5.91 Å². The Hall–Kier alpha value is -3.89. The van der Waals surface area contributed by atoms with E-state index < -0.39 is 35.4 Å². The van der Waals surface area contributed by atoms with Crippen LogP contribution in [0.15, 0.2) is 60.7 Å². The first-order valence-corrected chi connectivity index (χ1v) is 10.3. The molecule has 0 atom stereocenters. The molecule has 0 saturated carbocycles. The summed E-state index contributed by atoms with van der Waals surface area (Å²) in [7, 11) is 0. The molecule has 3 aromatic rings. The number of rotatable bonds is 5. The molecule has 4 nitrogen and oxygen atoms in total. The Balaban J connectivity index is 2.03. The maximum atomic E-state index is 14.5. The number of alkyl halides is 7. The van der Waals surface area contributed by atoms with Gasteiger partial charge < -0.3 is 11.1 Å². The molecule has 3 rings (SSSR count). The molecule has 0 fully saturated rings. The zero-order valence-electron chi connectivity index (χ0n) is 18.8. The van der Waals surface area contributed by atoms with Crippen molar-refractivity contribution in [2.75, 3.05) is 5.32 Å². The maximum absolute atomic E-state index is 14.5. The van der Waals surface area contributed by atoms with E-state index in [0.29, 0.717) is 23.3 Å². The standard InChI is InChI=1S/C25H19F7N2O2/c1-13-10-17(23(26,24(27,28)29)25(30,31)32)11-14(2)20(13)34-22(36)19-9-4-3-8-18(19)15-6-5-7-16(12-15)21(33)35/h3-12H,1-2H3,(H2,33,35)(H,34,36). The Morgan fingerprint density at radius 3 is 1.86 bits per heavy atom. The largest absolute Gasteiger partial charge is 0.435 e. The Bertz CT molecular complexity index is 1290.